The van der Waals surface area contributed by atoms with Gasteiger partial charge in [-0.1, -0.05) is 39.0 Å². The van der Waals surface area contributed by atoms with Crippen LogP contribution in [0.1, 0.15) is 57.2 Å². The minimum Gasteiger partial charge on any atom is -0.480 e. The summed E-state index contributed by atoms with van der Waals surface area (Å²) in [5, 5.41) is 12.9. The Morgan fingerprint density at radius 3 is 2.50 bits per heavy atom. The molecule has 1 heterocycles. The Kier molecular flexibility index (Phi) is 6.57. The second-order valence-corrected chi connectivity index (χ2v) is 11.3. The molecule has 2 aliphatic rings. The van der Waals surface area contributed by atoms with Crippen molar-refractivity contribution in [2.24, 2.45) is 0 Å². The quantitative estimate of drug-likeness (QED) is 0.393. The number of fused-ring (bicyclic) bond motifs is 1. The molecule has 0 spiro atoms. The van der Waals surface area contributed by atoms with Crippen LogP contribution in [-0.2, 0) is 22.4 Å². The fourth-order valence-electron chi connectivity index (χ4n) is 4.44. The molecule has 6 heteroatoms. The number of benzene rings is 2. The van der Waals surface area contributed by atoms with E-state index in [2.05, 4.69) is 73.5 Å². The predicted octanol–water partition coefficient (Wildman–Crippen LogP) is 5.35. The van der Waals surface area contributed by atoms with Crippen LogP contribution in [-0.4, -0.2) is 45.8 Å². The van der Waals surface area contributed by atoms with E-state index >= 15 is 0 Å². The van der Waals surface area contributed by atoms with E-state index in [4.69, 9.17) is 4.74 Å². The molecular formula is C26H34N2O3S. The first kappa shape index (κ1) is 23.1. The normalized spacial score (nSPS) is 22.3. The molecule has 0 bridgehead atoms. The average molecular weight is 455 g/mol. The number of hydrogen-bond donors (Lipinski definition) is 2. The van der Waals surface area contributed by atoms with Gasteiger partial charge in [-0.2, -0.15) is 0 Å². The number of carbonyl (C=O) groups is 1. The van der Waals surface area contributed by atoms with Gasteiger partial charge in [0.15, 0.2) is 12.5 Å². The van der Waals surface area contributed by atoms with Crippen molar-refractivity contribution < 1.29 is 14.6 Å². The number of epoxide rings is 1. The van der Waals surface area contributed by atoms with Gasteiger partial charge < -0.3 is 15.2 Å². The lowest BCUT2D eigenvalue weighted by molar-refractivity contribution is -0.138. The van der Waals surface area contributed by atoms with Crippen LogP contribution in [0.25, 0.3) is 0 Å². The lowest BCUT2D eigenvalue weighted by atomic mass is 10.0. The highest BCUT2D eigenvalue weighted by molar-refractivity contribution is 8.01. The van der Waals surface area contributed by atoms with Gasteiger partial charge in [-0.25, -0.2) is 0 Å². The molecule has 3 unspecified atom stereocenters. The van der Waals surface area contributed by atoms with Crippen molar-refractivity contribution in [3.8, 4) is 0 Å². The standard InChI is InChI=1S/C26H34N2O3S/c1-6-28(24-23(31-24)27-20-10-7-17(8-11-20)16(2)3)21-13-18-9-12-22(15-19(18)14-21)32-26(4,5)25(29)30/h7-12,15-16,21,23-24,27H,6,13-14H2,1-5H3,(H,29,30). The molecule has 4 rings (SSSR count). The number of likely N-dealkylation sites (N-methyl/N-ethyl adjacent to an activating group) is 1. The maximum atomic E-state index is 11.5. The van der Waals surface area contributed by atoms with Gasteiger partial charge in [0.25, 0.3) is 0 Å². The van der Waals surface area contributed by atoms with E-state index in [1.165, 1.54) is 28.5 Å². The van der Waals surface area contributed by atoms with Gasteiger partial charge in [-0.05, 0) is 80.1 Å². The van der Waals surface area contributed by atoms with Crippen LogP contribution in [0.3, 0.4) is 0 Å². The molecule has 32 heavy (non-hydrogen) atoms. The summed E-state index contributed by atoms with van der Waals surface area (Å²) in [5.74, 6) is -0.260. The number of ether oxygens (including phenoxy) is 1. The van der Waals surface area contributed by atoms with Crippen molar-refractivity contribution in [2.75, 3.05) is 11.9 Å². The number of rotatable bonds is 9. The highest BCUT2D eigenvalue weighted by Crippen LogP contribution is 2.38. The molecule has 0 radical (unpaired) electrons. The van der Waals surface area contributed by atoms with Crippen LogP contribution in [0.5, 0.6) is 0 Å². The van der Waals surface area contributed by atoms with Crippen molar-refractivity contribution in [3.63, 3.8) is 0 Å². The van der Waals surface area contributed by atoms with E-state index in [0.717, 1.165) is 30.0 Å². The SMILES string of the molecule is CCN(C1Cc2ccc(SC(C)(C)C(=O)O)cc2C1)C1OC1Nc1ccc(C(C)C)cc1. The molecule has 2 N–H and O–H groups in total. The van der Waals surface area contributed by atoms with Crippen LogP contribution in [0, 0.1) is 0 Å². The van der Waals surface area contributed by atoms with Gasteiger partial charge in [0.2, 0.25) is 0 Å². The maximum absolute atomic E-state index is 11.5. The topological polar surface area (TPSA) is 65.1 Å². The molecule has 2 aromatic rings. The number of carboxylic acids is 1. The van der Waals surface area contributed by atoms with Gasteiger partial charge in [0, 0.05) is 16.6 Å². The molecule has 1 saturated heterocycles. The molecule has 1 aliphatic heterocycles. The predicted molar refractivity (Wildman–Crippen MR) is 130 cm³/mol. The molecule has 0 aromatic heterocycles. The van der Waals surface area contributed by atoms with Crippen molar-refractivity contribution in [3.05, 3.63) is 59.2 Å². The van der Waals surface area contributed by atoms with Crippen LogP contribution in [0.2, 0.25) is 0 Å². The molecule has 3 atom stereocenters. The summed E-state index contributed by atoms with van der Waals surface area (Å²) in [6.07, 6.45) is 2.09. The van der Waals surface area contributed by atoms with Gasteiger partial charge in [-0.3, -0.25) is 9.69 Å². The zero-order chi connectivity index (χ0) is 23.0. The molecule has 5 nitrogen and oxygen atoms in total. The van der Waals surface area contributed by atoms with Crippen molar-refractivity contribution in [1.29, 1.82) is 0 Å². The lowest BCUT2D eigenvalue weighted by Gasteiger charge is -2.25. The molecular weight excluding hydrogens is 420 g/mol. The van der Waals surface area contributed by atoms with E-state index in [9.17, 15) is 9.90 Å². The third-order valence-electron chi connectivity index (χ3n) is 6.49. The summed E-state index contributed by atoms with van der Waals surface area (Å²) >= 11 is 1.41. The Hall–Kier alpha value is -2.02. The second-order valence-electron chi connectivity index (χ2n) is 9.61. The zero-order valence-electron chi connectivity index (χ0n) is 19.6. The van der Waals surface area contributed by atoms with E-state index in [0.29, 0.717) is 12.0 Å². The molecule has 172 valence electrons. The third kappa shape index (κ3) is 4.98. The van der Waals surface area contributed by atoms with E-state index in [1.807, 2.05) is 0 Å². The van der Waals surface area contributed by atoms with Gasteiger partial charge in [-0.15, -0.1) is 11.8 Å². The summed E-state index contributed by atoms with van der Waals surface area (Å²) in [6, 6.07) is 15.4. The maximum Gasteiger partial charge on any atom is 0.319 e. The fraction of sp³-hybridized carbons (Fsp3) is 0.500. The number of thioether (sulfide) groups is 1. The van der Waals surface area contributed by atoms with Crippen LogP contribution < -0.4 is 5.32 Å². The monoisotopic (exact) mass is 454 g/mol. The summed E-state index contributed by atoms with van der Waals surface area (Å²) in [5.41, 5.74) is 5.12. The summed E-state index contributed by atoms with van der Waals surface area (Å²) < 4.78 is 5.19. The van der Waals surface area contributed by atoms with Crippen LogP contribution >= 0.6 is 11.8 Å². The zero-order valence-corrected chi connectivity index (χ0v) is 20.4. The highest BCUT2D eigenvalue weighted by atomic mass is 32.2. The number of nitrogens with one attached hydrogen (secondary N) is 1. The minimum absolute atomic E-state index is 0.0195. The van der Waals surface area contributed by atoms with Crippen LogP contribution in [0.15, 0.2) is 47.4 Å². The number of anilines is 1. The Bertz CT molecular complexity index is 974. The summed E-state index contributed by atoms with van der Waals surface area (Å²) in [7, 11) is 0. The Morgan fingerprint density at radius 2 is 1.88 bits per heavy atom. The van der Waals surface area contributed by atoms with Gasteiger partial charge in [0.1, 0.15) is 4.75 Å². The van der Waals surface area contributed by atoms with Crippen LogP contribution in [0.4, 0.5) is 5.69 Å². The minimum atomic E-state index is -0.837. The van der Waals surface area contributed by atoms with E-state index in [1.54, 1.807) is 13.8 Å². The van der Waals surface area contributed by atoms with Gasteiger partial charge in [0.05, 0.1) is 0 Å². The molecule has 1 fully saturated rings. The molecule has 2 aromatic carbocycles. The number of carboxylic acid groups (broad SMARTS) is 1. The second kappa shape index (κ2) is 9.08. The largest absolute Gasteiger partial charge is 0.480 e. The Balaban J connectivity index is 1.37. The fourth-order valence-corrected chi connectivity index (χ4v) is 5.46. The number of aliphatic carboxylic acids is 1. The highest BCUT2D eigenvalue weighted by Gasteiger charge is 2.46. The molecule has 0 amide bonds. The van der Waals surface area contributed by atoms with E-state index in [-0.39, 0.29) is 12.5 Å². The summed E-state index contributed by atoms with van der Waals surface area (Å²) in [6.45, 7) is 11.0. The lowest BCUT2D eigenvalue weighted by Crippen LogP contribution is -2.39. The number of hydrogen-bond acceptors (Lipinski definition) is 5. The molecule has 1 aliphatic carbocycles. The Morgan fingerprint density at radius 1 is 1.19 bits per heavy atom. The first-order valence-corrected chi connectivity index (χ1v) is 12.3. The van der Waals surface area contributed by atoms with Gasteiger partial charge >= 0.3 is 5.97 Å². The van der Waals surface area contributed by atoms with Crippen molar-refractivity contribution in [1.82, 2.24) is 4.90 Å². The molecule has 0 saturated carbocycles. The van der Waals surface area contributed by atoms with Crippen molar-refractivity contribution in [2.45, 2.75) is 81.5 Å². The number of nitrogens with zero attached hydrogens (tertiary/aromatic N) is 1. The summed E-state index contributed by atoms with van der Waals surface area (Å²) in [4.78, 5) is 15.0. The third-order valence-corrected chi connectivity index (χ3v) is 7.67. The Labute approximate surface area is 195 Å². The first-order chi connectivity index (χ1) is 15.2. The van der Waals surface area contributed by atoms with E-state index < -0.39 is 10.7 Å². The first-order valence-electron chi connectivity index (χ1n) is 11.5. The smallest absolute Gasteiger partial charge is 0.319 e. The average Bonchev–Trinajstić information content (AvgIpc) is 3.35. The van der Waals surface area contributed by atoms with Crippen molar-refractivity contribution >= 4 is 23.4 Å².